The van der Waals surface area contributed by atoms with E-state index in [2.05, 4.69) is 26.0 Å². The molecule has 0 spiro atoms. The molecule has 1 nitrogen and oxygen atoms in total. The van der Waals surface area contributed by atoms with Gasteiger partial charge in [0, 0.05) is 0 Å². The minimum atomic E-state index is 0.887. The van der Waals surface area contributed by atoms with Crippen LogP contribution in [0.4, 0.5) is 0 Å². The Balaban J connectivity index is 2.48. The van der Waals surface area contributed by atoms with Crippen molar-refractivity contribution in [3.8, 4) is 5.75 Å². The number of benzene rings is 1. The fraction of sp³-hybridized carbons (Fsp3) is 0.500. The molecule has 1 heterocycles. The van der Waals surface area contributed by atoms with E-state index in [-0.39, 0.29) is 0 Å². The van der Waals surface area contributed by atoms with Crippen molar-refractivity contribution in [1.29, 1.82) is 0 Å². The third-order valence-electron chi connectivity index (χ3n) is 2.88. The molecule has 0 aliphatic carbocycles. The van der Waals surface area contributed by atoms with Crippen molar-refractivity contribution >= 4 is 0 Å². The molecule has 70 valence electrons. The van der Waals surface area contributed by atoms with Crippen LogP contribution in [-0.2, 0) is 12.8 Å². The van der Waals surface area contributed by atoms with Crippen molar-refractivity contribution < 1.29 is 4.74 Å². The van der Waals surface area contributed by atoms with Gasteiger partial charge in [0.15, 0.2) is 0 Å². The molecule has 0 N–H and O–H groups in total. The van der Waals surface area contributed by atoms with E-state index in [1.165, 1.54) is 29.5 Å². The zero-order valence-corrected chi connectivity index (χ0v) is 8.39. The zero-order chi connectivity index (χ0) is 9.26. The summed E-state index contributed by atoms with van der Waals surface area (Å²) in [5, 5.41) is 0. The quantitative estimate of drug-likeness (QED) is 0.639. The minimum absolute atomic E-state index is 0.887. The molecule has 0 unspecified atom stereocenters. The maximum atomic E-state index is 5.60. The normalized spacial score (nSPS) is 14.9. The van der Waals surface area contributed by atoms with Crippen molar-refractivity contribution in [1.82, 2.24) is 0 Å². The highest BCUT2D eigenvalue weighted by molar-refractivity contribution is 5.45. The van der Waals surface area contributed by atoms with E-state index in [9.17, 15) is 0 Å². The molecule has 2 rings (SSSR count). The first-order chi connectivity index (χ1) is 6.33. The first-order valence-corrected chi connectivity index (χ1v) is 5.07. The van der Waals surface area contributed by atoms with Crippen LogP contribution >= 0.6 is 0 Å². The Kier molecular flexibility index (Phi) is 2.26. The van der Waals surface area contributed by atoms with Gasteiger partial charge < -0.3 is 4.74 Å². The number of ether oxygens (including phenoxy) is 1. The van der Waals surface area contributed by atoms with Gasteiger partial charge in [-0.15, -0.1) is 0 Å². The lowest BCUT2D eigenvalue weighted by atomic mass is 9.95. The van der Waals surface area contributed by atoms with E-state index in [4.69, 9.17) is 4.74 Å². The molecule has 1 aliphatic heterocycles. The summed E-state index contributed by atoms with van der Waals surface area (Å²) in [7, 11) is 0. The van der Waals surface area contributed by atoms with Gasteiger partial charge in [-0.05, 0) is 48.9 Å². The van der Waals surface area contributed by atoms with Crippen LogP contribution in [0.5, 0.6) is 5.75 Å². The number of hydrogen-bond acceptors (Lipinski definition) is 1. The molecule has 1 aromatic rings. The summed E-state index contributed by atoms with van der Waals surface area (Å²) in [4.78, 5) is 0. The predicted octanol–water partition coefficient (Wildman–Crippen LogP) is 2.88. The second-order valence-electron chi connectivity index (χ2n) is 3.63. The molecule has 1 aromatic carbocycles. The third-order valence-corrected chi connectivity index (χ3v) is 2.88. The van der Waals surface area contributed by atoms with Gasteiger partial charge in [0.2, 0.25) is 0 Å². The number of hydrogen-bond donors (Lipinski definition) is 0. The van der Waals surface area contributed by atoms with Crippen LogP contribution in [0, 0.1) is 6.92 Å². The Morgan fingerprint density at radius 2 is 2.23 bits per heavy atom. The molecule has 0 bridgehead atoms. The zero-order valence-electron chi connectivity index (χ0n) is 8.39. The largest absolute Gasteiger partial charge is 0.493 e. The summed E-state index contributed by atoms with van der Waals surface area (Å²) in [6.07, 6.45) is 3.48. The van der Waals surface area contributed by atoms with Crippen LogP contribution in [0.1, 0.15) is 30.0 Å². The van der Waals surface area contributed by atoms with E-state index >= 15 is 0 Å². The summed E-state index contributed by atoms with van der Waals surface area (Å²) in [5.41, 5.74) is 4.34. The van der Waals surface area contributed by atoms with Crippen LogP contribution < -0.4 is 4.74 Å². The molecule has 0 radical (unpaired) electrons. The van der Waals surface area contributed by atoms with Crippen molar-refractivity contribution in [2.24, 2.45) is 0 Å². The van der Waals surface area contributed by atoms with Crippen molar-refractivity contribution in [2.45, 2.75) is 33.1 Å². The van der Waals surface area contributed by atoms with E-state index in [1.807, 2.05) is 0 Å². The van der Waals surface area contributed by atoms with Crippen LogP contribution in [0.3, 0.4) is 0 Å². The minimum Gasteiger partial charge on any atom is -0.493 e. The van der Waals surface area contributed by atoms with E-state index in [1.54, 1.807) is 0 Å². The standard InChI is InChI=1S/C12H16O/c1-3-10-6-7-12-11(9(10)2)5-4-8-13-12/h6-7H,3-5,8H2,1-2H3. The lowest BCUT2D eigenvalue weighted by Gasteiger charge is -2.20. The fourth-order valence-corrected chi connectivity index (χ4v) is 2.04. The Bertz CT molecular complexity index is 315. The van der Waals surface area contributed by atoms with Gasteiger partial charge in [0.1, 0.15) is 5.75 Å². The van der Waals surface area contributed by atoms with Gasteiger partial charge in [-0.25, -0.2) is 0 Å². The molecule has 0 amide bonds. The fourth-order valence-electron chi connectivity index (χ4n) is 2.04. The summed E-state index contributed by atoms with van der Waals surface area (Å²) >= 11 is 0. The number of aryl methyl sites for hydroxylation is 1. The maximum absolute atomic E-state index is 5.60. The molecule has 0 fully saturated rings. The SMILES string of the molecule is CCc1ccc2c(c1C)CCCO2. The Labute approximate surface area is 79.7 Å². The first-order valence-electron chi connectivity index (χ1n) is 5.07. The predicted molar refractivity (Wildman–Crippen MR) is 54.4 cm³/mol. The third kappa shape index (κ3) is 1.43. The van der Waals surface area contributed by atoms with Gasteiger partial charge in [-0.2, -0.15) is 0 Å². The summed E-state index contributed by atoms with van der Waals surface area (Å²) in [6, 6.07) is 4.32. The van der Waals surface area contributed by atoms with Gasteiger partial charge in [0.25, 0.3) is 0 Å². The van der Waals surface area contributed by atoms with Crippen LogP contribution in [0.25, 0.3) is 0 Å². The summed E-state index contributed by atoms with van der Waals surface area (Å²) in [6.45, 7) is 5.31. The Hall–Kier alpha value is -0.980. The smallest absolute Gasteiger partial charge is 0.122 e. The summed E-state index contributed by atoms with van der Waals surface area (Å²) in [5.74, 6) is 1.11. The molecule has 0 aromatic heterocycles. The van der Waals surface area contributed by atoms with Crippen LogP contribution in [-0.4, -0.2) is 6.61 Å². The second kappa shape index (κ2) is 3.41. The molecule has 13 heavy (non-hydrogen) atoms. The van der Waals surface area contributed by atoms with E-state index in [0.29, 0.717) is 0 Å². The van der Waals surface area contributed by atoms with Crippen LogP contribution in [0.15, 0.2) is 12.1 Å². The topological polar surface area (TPSA) is 9.23 Å². The molecule has 1 heteroatoms. The molecule has 0 saturated carbocycles. The maximum Gasteiger partial charge on any atom is 0.122 e. The lowest BCUT2D eigenvalue weighted by Crippen LogP contribution is -2.10. The number of fused-ring (bicyclic) bond motifs is 1. The van der Waals surface area contributed by atoms with Crippen molar-refractivity contribution in [3.05, 3.63) is 28.8 Å². The molecular weight excluding hydrogens is 160 g/mol. The lowest BCUT2D eigenvalue weighted by molar-refractivity contribution is 0.287. The second-order valence-corrected chi connectivity index (χ2v) is 3.63. The average molecular weight is 176 g/mol. The van der Waals surface area contributed by atoms with Crippen molar-refractivity contribution in [3.63, 3.8) is 0 Å². The van der Waals surface area contributed by atoms with E-state index < -0.39 is 0 Å². The molecular formula is C12H16O. The van der Waals surface area contributed by atoms with Gasteiger partial charge in [-0.3, -0.25) is 0 Å². The monoisotopic (exact) mass is 176 g/mol. The first kappa shape index (κ1) is 8.61. The van der Waals surface area contributed by atoms with E-state index in [0.717, 1.165) is 18.8 Å². The van der Waals surface area contributed by atoms with Gasteiger partial charge in [-0.1, -0.05) is 13.0 Å². The Morgan fingerprint density at radius 3 is 3.00 bits per heavy atom. The summed E-state index contributed by atoms with van der Waals surface area (Å²) < 4.78 is 5.60. The Morgan fingerprint density at radius 1 is 1.38 bits per heavy atom. The highest BCUT2D eigenvalue weighted by atomic mass is 16.5. The van der Waals surface area contributed by atoms with Gasteiger partial charge >= 0.3 is 0 Å². The molecule has 0 atom stereocenters. The highest BCUT2D eigenvalue weighted by Crippen LogP contribution is 2.29. The molecule has 1 aliphatic rings. The molecule has 0 saturated heterocycles. The number of rotatable bonds is 1. The van der Waals surface area contributed by atoms with Gasteiger partial charge in [0.05, 0.1) is 6.61 Å². The van der Waals surface area contributed by atoms with Crippen LogP contribution in [0.2, 0.25) is 0 Å². The van der Waals surface area contributed by atoms with Crippen molar-refractivity contribution in [2.75, 3.05) is 6.61 Å². The average Bonchev–Trinajstić information content (AvgIpc) is 2.19. The highest BCUT2D eigenvalue weighted by Gasteiger charge is 2.13.